The molecule has 0 aromatic heterocycles. The molecular formula is C15H18N2O2. The lowest BCUT2D eigenvalue weighted by molar-refractivity contribution is 0.0495. The highest BCUT2D eigenvalue weighted by Crippen LogP contribution is 2.45. The van der Waals surface area contributed by atoms with Crippen molar-refractivity contribution >= 4 is 6.09 Å². The fourth-order valence-electron chi connectivity index (χ4n) is 1.97. The van der Waals surface area contributed by atoms with Crippen LogP contribution in [0.3, 0.4) is 0 Å². The monoisotopic (exact) mass is 258 g/mol. The van der Waals surface area contributed by atoms with E-state index in [0.717, 1.165) is 18.4 Å². The molecule has 0 heterocycles. The number of ether oxygens (including phenoxy) is 1. The molecule has 1 aromatic rings. The van der Waals surface area contributed by atoms with Crippen LogP contribution in [0.1, 0.15) is 44.7 Å². The molecule has 1 amide bonds. The summed E-state index contributed by atoms with van der Waals surface area (Å²) in [5.74, 6) is 0. The van der Waals surface area contributed by atoms with E-state index >= 15 is 0 Å². The summed E-state index contributed by atoms with van der Waals surface area (Å²) in [5, 5.41) is 11.7. The van der Waals surface area contributed by atoms with Crippen LogP contribution in [-0.2, 0) is 10.3 Å². The standard InChI is InChI=1S/C15H18N2O2/c1-14(2,3)19-13(18)17-15(8-9-15)12-6-4-11(10-16)5-7-12/h4-7H,8-9H2,1-3H3,(H,17,18). The Morgan fingerprint density at radius 2 is 1.89 bits per heavy atom. The van der Waals surface area contributed by atoms with E-state index in [9.17, 15) is 4.79 Å². The Morgan fingerprint density at radius 3 is 2.32 bits per heavy atom. The van der Waals surface area contributed by atoms with Crippen LogP contribution >= 0.6 is 0 Å². The van der Waals surface area contributed by atoms with Crippen molar-refractivity contribution in [1.29, 1.82) is 5.26 Å². The van der Waals surface area contributed by atoms with E-state index in [1.807, 2.05) is 32.9 Å². The minimum absolute atomic E-state index is 0.309. The van der Waals surface area contributed by atoms with Gasteiger partial charge in [0.2, 0.25) is 0 Å². The molecule has 1 aliphatic rings. The molecule has 0 spiro atoms. The number of benzene rings is 1. The Morgan fingerprint density at radius 1 is 1.32 bits per heavy atom. The maximum atomic E-state index is 11.8. The summed E-state index contributed by atoms with van der Waals surface area (Å²) in [7, 11) is 0. The second kappa shape index (κ2) is 4.58. The fraction of sp³-hybridized carbons (Fsp3) is 0.467. The molecule has 1 aromatic carbocycles. The minimum Gasteiger partial charge on any atom is -0.444 e. The van der Waals surface area contributed by atoms with Crippen LogP contribution in [0.15, 0.2) is 24.3 Å². The molecule has 4 nitrogen and oxygen atoms in total. The predicted octanol–water partition coefficient (Wildman–Crippen LogP) is 3.07. The number of carbonyl (C=O) groups excluding carboxylic acids is 1. The number of nitrogens with zero attached hydrogens (tertiary/aromatic N) is 1. The van der Waals surface area contributed by atoms with Crippen LogP contribution in [0.2, 0.25) is 0 Å². The summed E-state index contributed by atoms with van der Waals surface area (Å²) in [6.45, 7) is 5.52. The van der Waals surface area contributed by atoms with Crippen molar-refractivity contribution in [2.24, 2.45) is 0 Å². The van der Waals surface area contributed by atoms with E-state index in [0.29, 0.717) is 5.56 Å². The van der Waals surface area contributed by atoms with Crippen molar-refractivity contribution < 1.29 is 9.53 Å². The van der Waals surface area contributed by atoms with Gasteiger partial charge in [0.1, 0.15) is 5.60 Å². The average molecular weight is 258 g/mol. The number of alkyl carbamates (subject to hydrolysis) is 1. The Labute approximate surface area is 113 Å². The van der Waals surface area contributed by atoms with E-state index in [1.165, 1.54) is 0 Å². The van der Waals surface area contributed by atoms with Crippen molar-refractivity contribution in [3.63, 3.8) is 0 Å². The van der Waals surface area contributed by atoms with Gasteiger partial charge in [-0.05, 0) is 51.3 Å². The maximum absolute atomic E-state index is 11.8. The van der Waals surface area contributed by atoms with E-state index in [2.05, 4.69) is 11.4 Å². The van der Waals surface area contributed by atoms with Gasteiger partial charge in [0, 0.05) is 0 Å². The highest BCUT2D eigenvalue weighted by molar-refractivity contribution is 5.70. The van der Waals surface area contributed by atoms with Crippen LogP contribution in [0.4, 0.5) is 4.79 Å². The lowest BCUT2D eigenvalue weighted by Gasteiger charge is -2.23. The van der Waals surface area contributed by atoms with Crippen molar-refractivity contribution in [2.45, 2.75) is 44.8 Å². The first-order valence-electron chi connectivity index (χ1n) is 6.36. The van der Waals surface area contributed by atoms with Gasteiger partial charge in [-0.25, -0.2) is 4.79 Å². The normalized spacial score (nSPS) is 16.3. The number of hydrogen-bond donors (Lipinski definition) is 1. The highest BCUT2D eigenvalue weighted by atomic mass is 16.6. The maximum Gasteiger partial charge on any atom is 0.408 e. The Hall–Kier alpha value is -2.02. The number of carbonyl (C=O) groups is 1. The van der Waals surface area contributed by atoms with Crippen molar-refractivity contribution in [3.05, 3.63) is 35.4 Å². The van der Waals surface area contributed by atoms with Gasteiger partial charge >= 0.3 is 6.09 Å². The smallest absolute Gasteiger partial charge is 0.408 e. The molecule has 100 valence electrons. The zero-order chi connectivity index (χ0) is 14.1. The summed E-state index contributed by atoms with van der Waals surface area (Å²) < 4.78 is 5.28. The molecule has 4 heteroatoms. The van der Waals surface area contributed by atoms with Crippen molar-refractivity contribution in [2.75, 3.05) is 0 Å². The minimum atomic E-state index is -0.495. The number of amides is 1. The molecule has 1 saturated carbocycles. The molecule has 0 radical (unpaired) electrons. The molecule has 0 unspecified atom stereocenters. The van der Waals surface area contributed by atoms with Crippen LogP contribution in [0, 0.1) is 11.3 Å². The number of hydrogen-bond acceptors (Lipinski definition) is 3. The molecule has 1 N–H and O–H groups in total. The number of nitrogens with one attached hydrogen (secondary N) is 1. The Bertz CT molecular complexity index is 517. The molecule has 1 aliphatic carbocycles. The lowest BCUT2D eigenvalue weighted by Crippen LogP contribution is -2.39. The molecule has 0 bridgehead atoms. The highest BCUT2D eigenvalue weighted by Gasteiger charge is 2.46. The van der Waals surface area contributed by atoms with Gasteiger partial charge in [-0.15, -0.1) is 0 Å². The summed E-state index contributed by atoms with van der Waals surface area (Å²) in [4.78, 5) is 11.8. The van der Waals surface area contributed by atoms with Gasteiger partial charge < -0.3 is 10.1 Å². The van der Waals surface area contributed by atoms with E-state index in [1.54, 1.807) is 12.1 Å². The summed E-state index contributed by atoms with van der Waals surface area (Å²) in [6.07, 6.45) is 1.41. The van der Waals surface area contributed by atoms with Crippen molar-refractivity contribution in [3.8, 4) is 6.07 Å². The summed E-state index contributed by atoms with van der Waals surface area (Å²) >= 11 is 0. The number of nitriles is 1. The molecule has 19 heavy (non-hydrogen) atoms. The zero-order valence-electron chi connectivity index (χ0n) is 11.5. The first-order chi connectivity index (χ1) is 8.85. The van der Waals surface area contributed by atoms with Gasteiger partial charge in [-0.1, -0.05) is 12.1 Å². The van der Waals surface area contributed by atoms with Gasteiger partial charge in [-0.2, -0.15) is 5.26 Å². The second-order valence-corrected chi connectivity index (χ2v) is 5.90. The molecule has 0 atom stereocenters. The summed E-state index contributed by atoms with van der Waals surface area (Å²) in [6, 6.07) is 9.41. The number of rotatable bonds is 2. The van der Waals surface area contributed by atoms with Crippen molar-refractivity contribution in [1.82, 2.24) is 5.32 Å². The predicted molar refractivity (Wildman–Crippen MR) is 71.4 cm³/mol. The fourth-order valence-corrected chi connectivity index (χ4v) is 1.97. The third kappa shape index (κ3) is 3.25. The average Bonchev–Trinajstić information content (AvgIpc) is 3.07. The second-order valence-electron chi connectivity index (χ2n) is 5.90. The Kier molecular flexibility index (Phi) is 3.23. The Balaban J connectivity index is 2.07. The SMILES string of the molecule is CC(C)(C)OC(=O)NC1(c2ccc(C#N)cc2)CC1. The van der Waals surface area contributed by atoms with E-state index in [-0.39, 0.29) is 5.54 Å². The third-order valence-corrected chi connectivity index (χ3v) is 3.06. The van der Waals surface area contributed by atoms with Gasteiger partial charge in [0.05, 0.1) is 17.2 Å². The van der Waals surface area contributed by atoms with Gasteiger partial charge in [0.25, 0.3) is 0 Å². The van der Waals surface area contributed by atoms with Crippen LogP contribution < -0.4 is 5.32 Å². The first-order valence-corrected chi connectivity index (χ1v) is 6.36. The molecular weight excluding hydrogens is 240 g/mol. The largest absolute Gasteiger partial charge is 0.444 e. The van der Waals surface area contributed by atoms with E-state index in [4.69, 9.17) is 10.00 Å². The molecule has 0 saturated heterocycles. The topological polar surface area (TPSA) is 62.1 Å². The quantitative estimate of drug-likeness (QED) is 0.886. The zero-order valence-corrected chi connectivity index (χ0v) is 11.5. The third-order valence-electron chi connectivity index (χ3n) is 3.06. The molecule has 2 rings (SSSR count). The molecule has 0 aliphatic heterocycles. The van der Waals surface area contributed by atoms with Crippen LogP contribution in [-0.4, -0.2) is 11.7 Å². The van der Waals surface area contributed by atoms with E-state index < -0.39 is 11.7 Å². The van der Waals surface area contributed by atoms with Gasteiger partial charge in [-0.3, -0.25) is 0 Å². The molecule has 1 fully saturated rings. The van der Waals surface area contributed by atoms with Crippen LogP contribution in [0.5, 0.6) is 0 Å². The summed E-state index contributed by atoms with van der Waals surface area (Å²) in [5.41, 5.74) is 0.843. The lowest BCUT2D eigenvalue weighted by atomic mass is 10.0. The first kappa shape index (κ1) is 13.4. The van der Waals surface area contributed by atoms with Gasteiger partial charge in [0.15, 0.2) is 0 Å². The van der Waals surface area contributed by atoms with Crippen LogP contribution in [0.25, 0.3) is 0 Å².